The minimum atomic E-state index is -0.467. The molecule has 0 saturated heterocycles. The smallest absolute Gasteiger partial charge is 0.336 e. The second-order valence-electron chi connectivity index (χ2n) is 9.23. The SMILES string of the molecule is Cc1ccc2oc(=O)cc(-c3cc4c(cc3C=O)OCO4)c2c1.O=c1cc(-c2ccccc2)c2ccccc2o1. The van der Waals surface area contributed by atoms with E-state index in [-0.39, 0.29) is 12.4 Å². The second-order valence-corrected chi connectivity index (χ2v) is 9.23. The van der Waals surface area contributed by atoms with Gasteiger partial charge in [0, 0.05) is 34.0 Å². The van der Waals surface area contributed by atoms with Crippen LogP contribution < -0.4 is 20.7 Å². The molecular weight excluding hydrogens is 508 g/mol. The van der Waals surface area contributed by atoms with Gasteiger partial charge in [-0.1, -0.05) is 60.2 Å². The number of rotatable bonds is 3. The lowest BCUT2D eigenvalue weighted by atomic mass is 9.96. The summed E-state index contributed by atoms with van der Waals surface area (Å²) < 4.78 is 21.1. The number of aldehydes is 1. The number of hydrogen-bond acceptors (Lipinski definition) is 7. The third-order valence-corrected chi connectivity index (χ3v) is 6.59. The maximum absolute atomic E-state index is 11.9. The highest BCUT2D eigenvalue weighted by molar-refractivity contribution is 5.99. The van der Waals surface area contributed by atoms with Crippen molar-refractivity contribution in [2.75, 3.05) is 6.79 Å². The van der Waals surface area contributed by atoms with Crippen LogP contribution in [-0.4, -0.2) is 13.1 Å². The summed E-state index contributed by atoms with van der Waals surface area (Å²) in [6.07, 6.45) is 0.744. The number of fused-ring (bicyclic) bond motifs is 3. The summed E-state index contributed by atoms with van der Waals surface area (Å²) in [4.78, 5) is 34.9. The van der Waals surface area contributed by atoms with Crippen molar-refractivity contribution < 1.29 is 23.1 Å². The van der Waals surface area contributed by atoms with Crippen LogP contribution in [0, 0.1) is 6.92 Å². The quantitative estimate of drug-likeness (QED) is 0.184. The van der Waals surface area contributed by atoms with E-state index in [0.717, 1.165) is 33.7 Å². The van der Waals surface area contributed by atoms with Crippen LogP contribution in [0.1, 0.15) is 15.9 Å². The predicted molar refractivity (Wildman–Crippen MR) is 152 cm³/mol. The molecule has 0 aliphatic carbocycles. The first-order valence-electron chi connectivity index (χ1n) is 12.5. The van der Waals surface area contributed by atoms with Crippen molar-refractivity contribution in [2.24, 2.45) is 0 Å². The van der Waals surface area contributed by atoms with Crippen molar-refractivity contribution in [3.8, 4) is 33.8 Å². The van der Waals surface area contributed by atoms with Crippen LogP contribution in [0.4, 0.5) is 0 Å². The van der Waals surface area contributed by atoms with Crippen LogP contribution >= 0.6 is 0 Å². The molecule has 2 aromatic heterocycles. The van der Waals surface area contributed by atoms with Gasteiger partial charge in [-0.2, -0.15) is 0 Å². The molecule has 1 aliphatic heterocycles. The molecule has 0 amide bonds. The minimum Gasteiger partial charge on any atom is -0.454 e. The van der Waals surface area contributed by atoms with Crippen molar-refractivity contribution in [3.63, 3.8) is 0 Å². The van der Waals surface area contributed by atoms with Gasteiger partial charge in [-0.25, -0.2) is 9.59 Å². The average molecular weight is 531 g/mol. The summed E-state index contributed by atoms with van der Waals surface area (Å²) in [5.74, 6) is 1.08. The zero-order valence-corrected chi connectivity index (χ0v) is 21.4. The van der Waals surface area contributed by atoms with E-state index in [0.29, 0.717) is 39.4 Å². The normalized spacial score (nSPS) is 11.7. The Hall–Kier alpha value is -5.43. The highest BCUT2D eigenvalue weighted by Gasteiger charge is 2.20. The summed E-state index contributed by atoms with van der Waals surface area (Å²) in [6.45, 7) is 2.07. The van der Waals surface area contributed by atoms with Crippen molar-refractivity contribution in [2.45, 2.75) is 6.92 Å². The summed E-state index contributed by atoms with van der Waals surface area (Å²) in [7, 11) is 0. The van der Waals surface area contributed by atoms with E-state index in [9.17, 15) is 14.4 Å². The van der Waals surface area contributed by atoms with Gasteiger partial charge in [-0.15, -0.1) is 0 Å². The van der Waals surface area contributed by atoms with E-state index in [1.165, 1.54) is 12.1 Å². The van der Waals surface area contributed by atoms with Gasteiger partial charge in [0.05, 0.1) is 0 Å². The van der Waals surface area contributed by atoms with Crippen LogP contribution in [0.5, 0.6) is 11.5 Å². The molecule has 0 spiro atoms. The predicted octanol–water partition coefficient (Wildman–Crippen LogP) is 6.77. The Bertz CT molecular complexity index is 2000. The molecule has 6 aromatic rings. The molecule has 0 atom stereocenters. The van der Waals surface area contributed by atoms with E-state index in [1.807, 2.05) is 73.7 Å². The summed E-state index contributed by atoms with van der Waals surface area (Å²) in [6, 6.07) is 29.2. The highest BCUT2D eigenvalue weighted by Crippen LogP contribution is 2.40. The summed E-state index contributed by atoms with van der Waals surface area (Å²) in [5, 5.41) is 1.73. The third kappa shape index (κ3) is 4.76. The molecule has 0 fully saturated rings. The Morgan fingerprint density at radius 1 is 0.625 bits per heavy atom. The number of ether oxygens (including phenoxy) is 2. The van der Waals surface area contributed by atoms with Crippen molar-refractivity contribution >= 4 is 28.2 Å². The molecule has 40 heavy (non-hydrogen) atoms. The fraction of sp³-hybridized carbons (Fsp3) is 0.0606. The van der Waals surface area contributed by atoms with Crippen LogP contribution in [-0.2, 0) is 0 Å². The zero-order valence-electron chi connectivity index (χ0n) is 21.4. The van der Waals surface area contributed by atoms with Gasteiger partial charge in [-0.05, 0) is 53.9 Å². The van der Waals surface area contributed by atoms with Crippen molar-refractivity contribution in [3.05, 3.63) is 129 Å². The largest absolute Gasteiger partial charge is 0.454 e. The molecule has 0 saturated carbocycles. The Labute approximate surface area is 227 Å². The van der Waals surface area contributed by atoms with Crippen LogP contribution in [0.3, 0.4) is 0 Å². The van der Waals surface area contributed by atoms with Gasteiger partial charge >= 0.3 is 11.3 Å². The molecule has 1 aliphatic rings. The topological polar surface area (TPSA) is 96.0 Å². The van der Waals surface area contributed by atoms with Crippen LogP contribution in [0.2, 0.25) is 0 Å². The highest BCUT2D eigenvalue weighted by atomic mass is 16.7. The Balaban J connectivity index is 0.000000151. The monoisotopic (exact) mass is 530 g/mol. The van der Waals surface area contributed by atoms with Crippen LogP contribution in [0.15, 0.2) is 115 Å². The maximum Gasteiger partial charge on any atom is 0.336 e. The Kier molecular flexibility index (Phi) is 6.46. The van der Waals surface area contributed by atoms with Crippen molar-refractivity contribution in [1.29, 1.82) is 0 Å². The van der Waals surface area contributed by atoms with Crippen molar-refractivity contribution in [1.82, 2.24) is 0 Å². The Morgan fingerprint density at radius 2 is 1.27 bits per heavy atom. The standard InChI is InChI=1S/C18H12O5.C15H10O2/c1-10-2-3-15-14(4-10)13(7-18(20)23-15)12-6-17-16(21-9-22-17)5-11(12)8-19;16-15-10-13(11-6-2-1-3-7-11)12-8-4-5-9-14(12)17-15/h2-8H,9H2,1H3;1-10H. The third-order valence-electron chi connectivity index (χ3n) is 6.59. The molecule has 0 N–H and O–H groups in total. The first kappa shape index (κ1) is 24.9. The molecule has 7 nitrogen and oxygen atoms in total. The molecular formula is C33H22O7. The molecule has 7 heteroatoms. The number of carbonyl (C=O) groups excluding carboxylic acids is 1. The molecule has 7 rings (SSSR count). The lowest BCUT2D eigenvalue weighted by Crippen LogP contribution is -2.00. The molecule has 3 heterocycles. The van der Waals surface area contributed by atoms with E-state index in [1.54, 1.807) is 18.2 Å². The van der Waals surface area contributed by atoms with E-state index < -0.39 is 5.63 Å². The van der Waals surface area contributed by atoms with Crippen LogP contribution in [0.25, 0.3) is 44.2 Å². The molecule has 0 bridgehead atoms. The summed E-state index contributed by atoms with van der Waals surface area (Å²) >= 11 is 0. The number of para-hydroxylation sites is 1. The Morgan fingerprint density at radius 3 is 2.02 bits per heavy atom. The van der Waals surface area contributed by atoms with Gasteiger partial charge in [-0.3, -0.25) is 4.79 Å². The molecule has 4 aromatic carbocycles. The number of hydrogen-bond donors (Lipinski definition) is 0. The van der Waals surface area contributed by atoms with Gasteiger partial charge in [0.15, 0.2) is 17.8 Å². The van der Waals surface area contributed by atoms with E-state index >= 15 is 0 Å². The first-order valence-corrected chi connectivity index (χ1v) is 12.5. The van der Waals surface area contributed by atoms with Gasteiger partial charge in [0.25, 0.3) is 0 Å². The van der Waals surface area contributed by atoms with E-state index in [4.69, 9.17) is 18.3 Å². The fourth-order valence-corrected chi connectivity index (χ4v) is 4.76. The number of aryl methyl sites for hydroxylation is 1. The van der Waals surface area contributed by atoms with Gasteiger partial charge < -0.3 is 18.3 Å². The lowest BCUT2D eigenvalue weighted by molar-refractivity contribution is 0.112. The van der Waals surface area contributed by atoms with Gasteiger partial charge in [0.2, 0.25) is 6.79 Å². The minimum absolute atomic E-state index is 0.119. The molecule has 196 valence electrons. The fourth-order valence-electron chi connectivity index (χ4n) is 4.76. The lowest BCUT2D eigenvalue weighted by Gasteiger charge is -2.10. The number of benzene rings is 4. The van der Waals surface area contributed by atoms with E-state index in [2.05, 4.69) is 0 Å². The zero-order chi connectivity index (χ0) is 27.6. The average Bonchev–Trinajstić information content (AvgIpc) is 3.44. The molecule has 0 unspecified atom stereocenters. The first-order chi connectivity index (χ1) is 19.5. The second kappa shape index (κ2) is 10.4. The van der Waals surface area contributed by atoms with Gasteiger partial charge in [0.1, 0.15) is 11.2 Å². The molecule has 0 radical (unpaired) electrons. The summed E-state index contributed by atoms with van der Waals surface area (Å²) in [5.41, 5.74) is 4.98. The maximum atomic E-state index is 11.9. The number of carbonyl (C=O) groups is 1.